The molecule has 5 heteroatoms. The lowest BCUT2D eigenvalue weighted by molar-refractivity contribution is -0.144. The number of ether oxygens (including phenoxy) is 1. The summed E-state index contributed by atoms with van der Waals surface area (Å²) >= 11 is 6.51. The maximum Gasteiger partial charge on any atom is 0.316 e. The number of nitrogens with two attached hydrogens (primary N) is 1. The van der Waals surface area contributed by atoms with Crippen molar-refractivity contribution < 1.29 is 9.53 Å². The van der Waals surface area contributed by atoms with Gasteiger partial charge in [-0.1, -0.05) is 43.4 Å². The van der Waals surface area contributed by atoms with E-state index in [1.165, 1.54) is 11.8 Å². The Balaban J connectivity index is 2.45. The van der Waals surface area contributed by atoms with Crippen LogP contribution < -0.4 is 5.73 Å². The summed E-state index contributed by atoms with van der Waals surface area (Å²) < 4.78 is 5.20. The standard InChI is InChI=1S/C14H19NO2S2/c1-3-10(2)17-13(16)9-19-8-11-6-4-5-7-12(11)14(15)18/h4-7,10H,3,8-9H2,1-2H3,(H2,15,18). The van der Waals surface area contributed by atoms with Gasteiger partial charge in [-0.05, 0) is 18.9 Å². The first-order chi connectivity index (χ1) is 9.04. The molecule has 0 aliphatic heterocycles. The van der Waals surface area contributed by atoms with E-state index in [2.05, 4.69) is 0 Å². The van der Waals surface area contributed by atoms with Crippen molar-refractivity contribution in [2.75, 3.05) is 5.75 Å². The van der Waals surface area contributed by atoms with Crippen LogP contribution in [-0.4, -0.2) is 22.8 Å². The first-order valence-corrected chi connectivity index (χ1v) is 7.75. The van der Waals surface area contributed by atoms with Crippen molar-refractivity contribution in [3.63, 3.8) is 0 Å². The Morgan fingerprint density at radius 1 is 1.47 bits per heavy atom. The minimum atomic E-state index is -0.174. The molecule has 0 bridgehead atoms. The highest BCUT2D eigenvalue weighted by Crippen LogP contribution is 2.17. The molecule has 0 spiro atoms. The fourth-order valence-corrected chi connectivity index (χ4v) is 2.48. The Kier molecular flexibility index (Phi) is 6.87. The predicted octanol–water partition coefficient (Wildman–Crippen LogP) is 2.90. The first-order valence-electron chi connectivity index (χ1n) is 6.19. The van der Waals surface area contributed by atoms with E-state index in [4.69, 9.17) is 22.7 Å². The number of carbonyl (C=O) groups is 1. The molecule has 0 amide bonds. The van der Waals surface area contributed by atoms with Crippen molar-refractivity contribution in [2.45, 2.75) is 32.1 Å². The number of hydrogen-bond acceptors (Lipinski definition) is 4. The van der Waals surface area contributed by atoms with E-state index in [0.717, 1.165) is 17.5 Å². The van der Waals surface area contributed by atoms with Crippen molar-refractivity contribution in [2.24, 2.45) is 5.73 Å². The second-order valence-electron chi connectivity index (χ2n) is 4.22. The first kappa shape index (κ1) is 16.0. The van der Waals surface area contributed by atoms with Crippen LogP contribution in [0.1, 0.15) is 31.4 Å². The number of carbonyl (C=O) groups excluding carboxylic acids is 1. The molecule has 0 saturated heterocycles. The van der Waals surface area contributed by atoms with Crippen LogP contribution in [0.2, 0.25) is 0 Å². The molecule has 0 aromatic heterocycles. The molecule has 0 aliphatic rings. The third-order valence-electron chi connectivity index (χ3n) is 2.67. The van der Waals surface area contributed by atoms with Gasteiger partial charge in [0.25, 0.3) is 0 Å². The molecule has 0 saturated carbocycles. The number of thioether (sulfide) groups is 1. The van der Waals surface area contributed by atoms with Crippen molar-refractivity contribution in [1.29, 1.82) is 0 Å². The van der Waals surface area contributed by atoms with Gasteiger partial charge in [-0.15, -0.1) is 11.8 Å². The number of rotatable bonds is 7. The zero-order valence-corrected chi connectivity index (χ0v) is 12.9. The Morgan fingerprint density at radius 3 is 2.79 bits per heavy atom. The van der Waals surface area contributed by atoms with Crippen LogP contribution in [0.5, 0.6) is 0 Å². The molecule has 0 fully saturated rings. The van der Waals surface area contributed by atoms with Crippen LogP contribution >= 0.6 is 24.0 Å². The van der Waals surface area contributed by atoms with Gasteiger partial charge >= 0.3 is 5.97 Å². The third kappa shape index (κ3) is 5.61. The molecule has 0 aliphatic carbocycles. The largest absolute Gasteiger partial charge is 0.462 e. The van der Waals surface area contributed by atoms with E-state index in [9.17, 15) is 4.79 Å². The lowest BCUT2D eigenvalue weighted by Gasteiger charge is -2.11. The summed E-state index contributed by atoms with van der Waals surface area (Å²) in [6.45, 7) is 3.88. The quantitative estimate of drug-likeness (QED) is 0.619. The van der Waals surface area contributed by atoms with Gasteiger partial charge in [0.2, 0.25) is 0 Å². The second-order valence-corrected chi connectivity index (χ2v) is 5.65. The number of thiocarbonyl (C=S) groups is 1. The maximum atomic E-state index is 11.5. The van der Waals surface area contributed by atoms with Gasteiger partial charge in [-0.2, -0.15) is 0 Å². The summed E-state index contributed by atoms with van der Waals surface area (Å²) in [6, 6.07) is 7.71. The van der Waals surface area contributed by atoms with Crippen LogP contribution in [0.4, 0.5) is 0 Å². The molecule has 1 aromatic rings. The highest BCUT2D eigenvalue weighted by atomic mass is 32.2. The van der Waals surface area contributed by atoms with Crippen molar-refractivity contribution >= 4 is 34.9 Å². The molecule has 3 nitrogen and oxygen atoms in total. The van der Waals surface area contributed by atoms with Crippen LogP contribution in [-0.2, 0) is 15.3 Å². The molecule has 0 radical (unpaired) electrons. The molecular formula is C14H19NO2S2. The molecule has 104 valence electrons. The molecule has 1 unspecified atom stereocenters. The maximum absolute atomic E-state index is 11.5. The number of esters is 1. The fourth-order valence-electron chi connectivity index (χ4n) is 1.47. The van der Waals surface area contributed by atoms with E-state index in [0.29, 0.717) is 16.5 Å². The lowest BCUT2D eigenvalue weighted by Crippen LogP contribution is -2.16. The SMILES string of the molecule is CCC(C)OC(=O)CSCc1ccccc1C(N)=S. The summed E-state index contributed by atoms with van der Waals surface area (Å²) in [5.41, 5.74) is 7.59. The topological polar surface area (TPSA) is 52.3 Å². The second kappa shape index (κ2) is 8.17. The minimum Gasteiger partial charge on any atom is -0.462 e. The summed E-state index contributed by atoms with van der Waals surface area (Å²) in [7, 11) is 0. The molecule has 19 heavy (non-hydrogen) atoms. The number of benzene rings is 1. The van der Waals surface area contributed by atoms with Gasteiger partial charge in [-0.25, -0.2) is 0 Å². The Morgan fingerprint density at radius 2 is 2.16 bits per heavy atom. The van der Waals surface area contributed by atoms with Crippen LogP contribution in [0, 0.1) is 0 Å². The van der Waals surface area contributed by atoms with E-state index >= 15 is 0 Å². The van der Waals surface area contributed by atoms with Gasteiger partial charge in [0.15, 0.2) is 0 Å². The van der Waals surface area contributed by atoms with Gasteiger partial charge in [0, 0.05) is 11.3 Å². The average Bonchev–Trinajstić information content (AvgIpc) is 2.38. The predicted molar refractivity (Wildman–Crippen MR) is 84.3 cm³/mol. The van der Waals surface area contributed by atoms with Gasteiger partial charge < -0.3 is 10.5 Å². The fraction of sp³-hybridized carbons (Fsp3) is 0.429. The minimum absolute atomic E-state index is 0.0167. The summed E-state index contributed by atoms with van der Waals surface area (Å²) in [4.78, 5) is 11.9. The summed E-state index contributed by atoms with van der Waals surface area (Å²) in [5.74, 6) is 0.867. The Labute approximate surface area is 123 Å². The van der Waals surface area contributed by atoms with E-state index < -0.39 is 0 Å². The third-order valence-corrected chi connectivity index (χ3v) is 3.84. The van der Waals surface area contributed by atoms with E-state index in [-0.39, 0.29) is 12.1 Å². The van der Waals surface area contributed by atoms with Crippen LogP contribution in [0.15, 0.2) is 24.3 Å². The lowest BCUT2D eigenvalue weighted by atomic mass is 10.1. The molecule has 2 N–H and O–H groups in total. The van der Waals surface area contributed by atoms with Crippen molar-refractivity contribution in [3.05, 3.63) is 35.4 Å². The average molecular weight is 297 g/mol. The highest BCUT2D eigenvalue weighted by Gasteiger charge is 2.09. The molecule has 0 heterocycles. The van der Waals surface area contributed by atoms with Gasteiger partial charge in [-0.3, -0.25) is 4.79 Å². The molecule has 1 atom stereocenters. The van der Waals surface area contributed by atoms with Crippen LogP contribution in [0.25, 0.3) is 0 Å². The Bertz CT molecular complexity index is 449. The van der Waals surface area contributed by atoms with Gasteiger partial charge in [0.05, 0.1) is 11.9 Å². The van der Waals surface area contributed by atoms with E-state index in [1.54, 1.807) is 0 Å². The van der Waals surface area contributed by atoms with Gasteiger partial charge in [0.1, 0.15) is 4.99 Å². The molecule has 1 rings (SSSR count). The zero-order valence-electron chi connectivity index (χ0n) is 11.2. The smallest absolute Gasteiger partial charge is 0.316 e. The Hall–Kier alpha value is -1.07. The molecule has 1 aromatic carbocycles. The highest BCUT2D eigenvalue weighted by molar-refractivity contribution is 7.99. The van der Waals surface area contributed by atoms with E-state index in [1.807, 2.05) is 38.1 Å². The van der Waals surface area contributed by atoms with Crippen molar-refractivity contribution in [1.82, 2.24) is 0 Å². The van der Waals surface area contributed by atoms with Crippen LogP contribution in [0.3, 0.4) is 0 Å². The zero-order chi connectivity index (χ0) is 14.3. The monoisotopic (exact) mass is 297 g/mol. The summed E-state index contributed by atoms with van der Waals surface area (Å²) in [5, 5.41) is 0. The number of hydrogen-bond donors (Lipinski definition) is 1. The van der Waals surface area contributed by atoms with Crippen molar-refractivity contribution in [3.8, 4) is 0 Å². The molecular weight excluding hydrogens is 278 g/mol. The summed E-state index contributed by atoms with van der Waals surface area (Å²) in [6.07, 6.45) is 0.817. The normalized spacial score (nSPS) is 11.9.